The molecule has 1 N–H and O–H groups in total. The smallest absolute Gasteiger partial charge is 0.411 e. The molecule has 0 bridgehead atoms. The molecule has 1 unspecified atom stereocenters. The number of rotatable bonds is 3. The zero-order valence-corrected chi connectivity index (χ0v) is 9.94. The highest BCUT2D eigenvalue weighted by molar-refractivity contribution is 5.84. The molecule has 0 saturated carbocycles. The van der Waals surface area contributed by atoms with Gasteiger partial charge in [-0.2, -0.15) is 0 Å². The molecule has 92 valence electrons. The van der Waals surface area contributed by atoms with E-state index in [1.54, 1.807) is 0 Å². The van der Waals surface area contributed by atoms with Crippen LogP contribution in [0.4, 0.5) is 10.5 Å². The number of anilines is 1. The van der Waals surface area contributed by atoms with Crippen molar-refractivity contribution in [3.8, 4) is 0 Å². The third kappa shape index (κ3) is 3.75. The maximum atomic E-state index is 11.5. The van der Waals surface area contributed by atoms with Crippen molar-refractivity contribution in [1.29, 1.82) is 0 Å². The van der Waals surface area contributed by atoms with E-state index >= 15 is 0 Å². The molecule has 1 amide bonds. The van der Waals surface area contributed by atoms with E-state index in [9.17, 15) is 4.79 Å². The van der Waals surface area contributed by atoms with Gasteiger partial charge in [0.1, 0.15) is 6.61 Å². The molecular formula is C13H17NO3. The van der Waals surface area contributed by atoms with Gasteiger partial charge in [0.15, 0.2) is 0 Å². The van der Waals surface area contributed by atoms with Crippen molar-refractivity contribution in [2.45, 2.75) is 25.9 Å². The number of nitrogens with one attached hydrogen (secondary N) is 1. The normalized spacial score (nSPS) is 19.0. The van der Waals surface area contributed by atoms with Gasteiger partial charge in [0, 0.05) is 12.3 Å². The molecule has 0 aromatic heterocycles. The van der Waals surface area contributed by atoms with Gasteiger partial charge < -0.3 is 9.47 Å². The highest BCUT2D eigenvalue weighted by atomic mass is 16.6. The van der Waals surface area contributed by atoms with Crippen molar-refractivity contribution in [2.24, 2.45) is 0 Å². The number of amides is 1. The second kappa shape index (κ2) is 5.68. The summed E-state index contributed by atoms with van der Waals surface area (Å²) < 4.78 is 10.4. The van der Waals surface area contributed by atoms with Crippen LogP contribution in [0.15, 0.2) is 24.3 Å². The topological polar surface area (TPSA) is 47.6 Å². The minimum Gasteiger partial charge on any atom is -0.447 e. The average molecular weight is 235 g/mol. The molecule has 1 atom stereocenters. The summed E-state index contributed by atoms with van der Waals surface area (Å²) in [6.45, 7) is 3.10. The molecule has 1 aliphatic heterocycles. The van der Waals surface area contributed by atoms with Crippen LogP contribution in [-0.2, 0) is 9.47 Å². The van der Waals surface area contributed by atoms with E-state index in [0.29, 0.717) is 6.61 Å². The van der Waals surface area contributed by atoms with Crippen molar-refractivity contribution in [3.63, 3.8) is 0 Å². The average Bonchev–Trinajstić information content (AvgIpc) is 2.83. The lowest BCUT2D eigenvalue weighted by molar-refractivity contribution is 0.0484. The Bertz CT molecular complexity index is 369. The molecule has 17 heavy (non-hydrogen) atoms. The maximum absolute atomic E-state index is 11.5. The lowest BCUT2D eigenvalue weighted by atomic mass is 10.2. The fraction of sp³-hybridized carbons (Fsp3) is 0.462. The van der Waals surface area contributed by atoms with Gasteiger partial charge in [-0.1, -0.05) is 17.7 Å². The van der Waals surface area contributed by atoms with Crippen LogP contribution in [0.2, 0.25) is 0 Å². The predicted octanol–water partition coefficient (Wildman–Crippen LogP) is 2.72. The van der Waals surface area contributed by atoms with E-state index in [-0.39, 0.29) is 6.10 Å². The molecular weight excluding hydrogens is 218 g/mol. The molecule has 1 fully saturated rings. The van der Waals surface area contributed by atoms with Gasteiger partial charge in [0.2, 0.25) is 0 Å². The SMILES string of the molecule is Cc1ccc(NC(=O)OCC2CCCO2)cc1. The Morgan fingerprint density at radius 3 is 2.88 bits per heavy atom. The van der Waals surface area contributed by atoms with Crippen molar-refractivity contribution in [3.05, 3.63) is 29.8 Å². The summed E-state index contributed by atoms with van der Waals surface area (Å²) in [4.78, 5) is 11.5. The van der Waals surface area contributed by atoms with Gasteiger partial charge in [-0.25, -0.2) is 4.79 Å². The van der Waals surface area contributed by atoms with E-state index in [0.717, 1.165) is 30.7 Å². The molecule has 1 aromatic carbocycles. The van der Waals surface area contributed by atoms with Gasteiger partial charge >= 0.3 is 6.09 Å². The largest absolute Gasteiger partial charge is 0.447 e. The summed E-state index contributed by atoms with van der Waals surface area (Å²) in [5.74, 6) is 0. The van der Waals surface area contributed by atoms with Crippen LogP contribution in [0.1, 0.15) is 18.4 Å². The Labute approximate surface area is 101 Å². The van der Waals surface area contributed by atoms with Gasteiger partial charge in [0.25, 0.3) is 0 Å². The van der Waals surface area contributed by atoms with Crippen molar-refractivity contribution < 1.29 is 14.3 Å². The minimum absolute atomic E-state index is 0.0683. The van der Waals surface area contributed by atoms with Crippen LogP contribution in [-0.4, -0.2) is 25.4 Å². The Morgan fingerprint density at radius 1 is 1.47 bits per heavy atom. The van der Waals surface area contributed by atoms with Crippen LogP contribution < -0.4 is 5.32 Å². The molecule has 1 heterocycles. The van der Waals surface area contributed by atoms with E-state index in [1.165, 1.54) is 0 Å². The van der Waals surface area contributed by atoms with Gasteiger partial charge in [-0.05, 0) is 31.9 Å². The van der Waals surface area contributed by atoms with Crippen LogP contribution in [0.3, 0.4) is 0 Å². The number of ether oxygens (including phenoxy) is 2. The molecule has 1 saturated heterocycles. The molecule has 0 spiro atoms. The second-order valence-corrected chi connectivity index (χ2v) is 4.22. The molecule has 2 rings (SSSR count). The Morgan fingerprint density at radius 2 is 2.24 bits per heavy atom. The maximum Gasteiger partial charge on any atom is 0.411 e. The van der Waals surface area contributed by atoms with Crippen molar-refractivity contribution in [2.75, 3.05) is 18.5 Å². The summed E-state index contributed by atoms with van der Waals surface area (Å²) in [5.41, 5.74) is 1.90. The van der Waals surface area contributed by atoms with Crippen molar-refractivity contribution >= 4 is 11.8 Å². The first-order valence-corrected chi connectivity index (χ1v) is 5.86. The van der Waals surface area contributed by atoms with Crippen molar-refractivity contribution in [1.82, 2.24) is 0 Å². The van der Waals surface area contributed by atoms with E-state index in [2.05, 4.69) is 5.32 Å². The van der Waals surface area contributed by atoms with Crippen LogP contribution in [0.5, 0.6) is 0 Å². The zero-order chi connectivity index (χ0) is 12.1. The summed E-state index contributed by atoms with van der Waals surface area (Å²) in [6.07, 6.45) is 1.66. The highest BCUT2D eigenvalue weighted by Crippen LogP contribution is 2.13. The summed E-state index contributed by atoms with van der Waals surface area (Å²) in [5, 5.41) is 2.68. The minimum atomic E-state index is -0.427. The molecule has 0 aliphatic carbocycles. The van der Waals surface area contributed by atoms with E-state index in [1.807, 2.05) is 31.2 Å². The van der Waals surface area contributed by atoms with Crippen LogP contribution >= 0.6 is 0 Å². The third-order valence-corrected chi connectivity index (χ3v) is 2.72. The first-order chi connectivity index (χ1) is 8.24. The summed E-state index contributed by atoms with van der Waals surface area (Å²) in [6, 6.07) is 7.58. The highest BCUT2D eigenvalue weighted by Gasteiger charge is 2.17. The number of benzene rings is 1. The van der Waals surface area contributed by atoms with Gasteiger partial charge in [-0.15, -0.1) is 0 Å². The van der Waals surface area contributed by atoms with Crippen LogP contribution in [0, 0.1) is 6.92 Å². The monoisotopic (exact) mass is 235 g/mol. The van der Waals surface area contributed by atoms with E-state index in [4.69, 9.17) is 9.47 Å². The quantitative estimate of drug-likeness (QED) is 0.876. The zero-order valence-electron chi connectivity index (χ0n) is 9.94. The number of carbonyl (C=O) groups excluding carboxylic acids is 1. The Kier molecular flexibility index (Phi) is 3.98. The first kappa shape index (κ1) is 11.9. The Balaban J connectivity index is 1.74. The standard InChI is InChI=1S/C13H17NO3/c1-10-4-6-11(7-5-10)14-13(15)17-9-12-3-2-8-16-12/h4-7,12H,2-3,8-9H2,1H3,(H,14,15). The molecule has 1 aliphatic rings. The molecule has 4 heteroatoms. The fourth-order valence-corrected chi connectivity index (χ4v) is 1.74. The number of hydrogen-bond donors (Lipinski definition) is 1. The second-order valence-electron chi connectivity index (χ2n) is 4.22. The number of aryl methyl sites for hydroxylation is 1. The molecule has 4 nitrogen and oxygen atoms in total. The molecule has 0 radical (unpaired) electrons. The first-order valence-electron chi connectivity index (χ1n) is 5.86. The van der Waals surface area contributed by atoms with Gasteiger partial charge in [-0.3, -0.25) is 5.32 Å². The number of carbonyl (C=O) groups is 1. The Hall–Kier alpha value is -1.55. The lowest BCUT2D eigenvalue weighted by Gasteiger charge is -2.11. The van der Waals surface area contributed by atoms with Gasteiger partial charge in [0.05, 0.1) is 6.10 Å². The summed E-state index contributed by atoms with van der Waals surface area (Å²) >= 11 is 0. The lowest BCUT2D eigenvalue weighted by Crippen LogP contribution is -2.21. The van der Waals surface area contributed by atoms with E-state index < -0.39 is 6.09 Å². The van der Waals surface area contributed by atoms with Crippen LogP contribution in [0.25, 0.3) is 0 Å². The third-order valence-electron chi connectivity index (χ3n) is 2.72. The predicted molar refractivity (Wildman–Crippen MR) is 65.1 cm³/mol. The fourth-order valence-electron chi connectivity index (χ4n) is 1.74. The molecule has 1 aromatic rings. The number of hydrogen-bond acceptors (Lipinski definition) is 3. The summed E-state index contributed by atoms with van der Waals surface area (Å²) in [7, 11) is 0.